The van der Waals surface area contributed by atoms with Gasteiger partial charge in [0, 0.05) is 6.42 Å². The number of Topliss-reactive ketones (excluding diaryl/α,β-unsaturated/α-hetero) is 1. The van der Waals surface area contributed by atoms with Crippen LogP contribution in [0.15, 0.2) is 0 Å². The maximum atomic E-state index is 11.6. The van der Waals surface area contributed by atoms with E-state index in [9.17, 15) is 9.90 Å². The molecule has 2 aliphatic rings. The summed E-state index contributed by atoms with van der Waals surface area (Å²) >= 11 is 0. The predicted octanol–water partition coefficient (Wildman–Crippen LogP) is 1.52. The summed E-state index contributed by atoms with van der Waals surface area (Å²) in [5, 5.41) is 9.79. The molecule has 0 bridgehead atoms. The highest BCUT2D eigenvalue weighted by atomic mass is 16.3. The summed E-state index contributed by atoms with van der Waals surface area (Å²) in [4.78, 5) is 11.6. The van der Waals surface area contributed by atoms with Crippen molar-refractivity contribution in [3.63, 3.8) is 0 Å². The quantitative estimate of drug-likeness (QED) is 0.595. The van der Waals surface area contributed by atoms with Crippen LogP contribution in [0.1, 0.15) is 39.0 Å². The van der Waals surface area contributed by atoms with E-state index in [0.717, 1.165) is 25.7 Å². The van der Waals surface area contributed by atoms with Crippen molar-refractivity contribution in [3.8, 4) is 0 Å². The van der Waals surface area contributed by atoms with Crippen molar-refractivity contribution in [2.75, 3.05) is 0 Å². The van der Waals surface area contributed by atoms with E-state index in [2.05, 4.69) is 0 Å². The molecule has 3 atom stereocenters. The molecule has 0 aromatic rings. The molecule has 1 N–H and O–H groups in total. The molecule has 0 radical (unpaired) electrons. The molecular formula is C10H16O2. The molecule has 0 heterocycles. The minimum absolute atomic E-state index is 0.291. The molecule has 3 unspecified atom stereocenters. The summed E-state index contributed by atoms with van der Waals surface area (Å²) < 4.78 is 0. The van der Waals surface area contributed by atoms with E-state index in [1.807, 2.05) is 6.92 Å². The van der Waals surface area contributed by atoms with Crippen molar-refractivity contribution >= 4 is 5.78 Å². The second kappa shape index (κ2) is 2.56. The minimum atomic E-state index is -0.377. The number of fused-ring (bicyclic) bond motifs is 1. The van der Waals surface area contributed by atoms with Crippen LogP contribution < -0.4 is 0 Å². The molecular weight excluding hydrogens is 152 g/mol. The van der Waals surface area contributed by atoms with Crippen LogP contribution in [0.5, 0.6) is 0 Å². The molecule has 2 saturated carbocycles. The van der Waals surface area contributed by atoms with Gasteiger partial charge in [-0.3, -0.25) is 4.79 Å². The zero-order chi connectivity index (χ0) is 8.77. The molecule has 0 amide bonds. The fraction of sp³-hybridized carbons (Fsp3) is 0.900. The molecule has 68 valence electrons. The third-order valence-corrected chi connectivity index (χ3v) is 3.89. The fourth-order valence-electron chi connectivity index (χ4n) is 2.86. The average Bonchev–Trinajstić information content (AvgIpc) is 2.33. The van der Waals surface area contributed by atoms with Crippen LogP contribution in [-0.4, -0.2) is 17.0 Å². The molecule has 2 aliphatic carbocycles. The van der Waals surface area contributed by atoms with E-state index >= 15 is 0 Å². The van der Waals surface area contributed by atoms with Gasteiger partial charge in [0.05, 0.1) is 11.5 Å². The lowest BCUT2D eigenvalue weighted by molar-refractivity contribution is -0.136. The zero-order valence-corrected chi connectivity index (χ0v) is 7.55. The Morgan fingerprint density at radius 2 is 2.17 bits per heavy atom. The third kappa shape index (κ3) is 0.875. The number of rotatable bonds is 0. The molecule has 0 aliphatic heterocycles. The third-order valence-electron chi connectivity index (χ3n) is 3.89. The van der Waals surface area contributed by atoms with Crippen molar-refractivity contribution in [1.29, 1.82) is 0 Å². The first kappa shape index (κ1) is 8.24. The van der Waals surface area contributed by atoms with Crippen LogP contribution in [0.25, 0.3) is 0 Å². The molecule has 2 rings (SSSR count). The summed E-state index contributed by atoms with van der Waals surface area (Å²) in [6, 6.07) is 0. The van der Waals surface area contributed by atoms with Crippen LogP contribution in [0.4, 0.5) is 0 Å². The number of aliphatic hydroxyl groups is 1. The highest BCUT2D eigenvalue weighted by Crippen LogP contribution is 2.49. The lowest BCUT2D eigenvalue weighted by Crippen LogP contribution is -2.43. The molecule has 12 heavy (non-hydrogen) atoms. The number of aliphatic hydroxyl groups excluding tert-OH is 1. The molecule has 2 fully saturated rings. The molecule has 2 heteroatoms. The first-order chi connectivity index (χ1) is 5.65. The highest BCUT2D eigenvalue weighted by Gasteiger charge is 2.52. The Labute approximate surface area is 73.0 Å². The molecule has 0 spiro atoms. The minimum Gasteiger partial charge on any atom is -0.392 e. The van der Waals surface area contributed by atoms with Gasteiger partial charge in [0.25, 0.3) is 0 Å². The van der Waals surface area contributed by atoms with Gasteiger partial charge in [-0.15, -0.1) is 0 Å². The lowest BCUT2D eigenvalue weighted by Gasteiger charge is -2.39. The number of hydrogen-bond donors (Lipinski definition) is 1. The molecule has 0 saturated heterocycles. The summed E-state index contributed by atoms with van der Waals surface area (Å²) in [7, 11) is 0. The van der Waals surface area contributed by atoms with Gasteiger partial charge in [0.2, 0.25) is 0 Å². The van der Waals surface area contributed by atoms with Crippen molar-refractivity contribution < 1.29 is 9.90 Å². The van der Waals surface area contributed by atoms with Crippen molar-refractivity contribution in [2.45, 2.75) is 45.1 Å². The first-order valence-electron chi connectivity index (χ1n) is 4.87. The van der Waals surface area contributed by atoms with Crippen LogP contribution in [-0.2, 0) is 4.79 Å². The number of ketones is 1. The normalized spacial score (nSPS) is 47.7. The van der Waals surface area contributed by atoms with E-state index in [4.69, 9.17) is 0 Å². The fourth-order valence-corrected chi connectivity index (χ4v) is 2.86. The standard InChI is InChI=1S/C10H16O2/c1-10-7(5-6-9(10)12)3-2-4-8(10)11/h7-8,11H,2-6H2,1H3. The Balaban J connectivity index is 2.30. The molecule has 0 aromatic carbocycles. The first-order valence-corrected chi connectivity index (χ1v) is 4.87. The van der Waals surface area contributed by atoms with E-state index in [-0.39, 0.29) is 11.5 Å². The number of hydrogen-bond acceptors (Lipinski definition) is 2. The number of carbonyl (C=O) groups is 1. The number of carbonyl (C=O) groups excluding carboxylic acids is 1. The van der Waals surface area contributed by atoms with Crippen molar-refractivity contribution in [3.05, 3.63) is 0 Å². The van der Waals surface area contributed by atoms with Crippen LogP contribution in [0.2, 0.25) is 0 Å². The summed E-state index contributed by atoms with van der Waals surface area (Å²) in [6.45, 7) is 1.96. The Morgan fingerprint density at radius 1 is 1.42 bits per heavy atom. The summed E-state index contributed by atoms with van der Waals surface area (Å²) in [5.74, 6) is 0.758. The van der Waals surface area contributed by atoms with Gasteiger partial charge in [-0.1, -0.05) is 6.42 Å². The van der Waals surface area contributed by atoms with Gasteiger partial charge in [-0.2, -0.15) is 0 Å². The molecule has 0 aromatic heterocycles. The van der Waals surface area contributed by atoms with Gasteiger partial charge in [0.15, 0.2) is 0 Å². The lowest BCUT2D eigenvalue weighted by atomic mass is 9.67. The van der Waals surface area contributed by atoms with Crippen molar-refractivity contribution in [1.82, 2.24) is 0 Å². The van der Waals surface area contributed by atoms with Gasteiger partial charge in [0.1, 0.15) is 5.78 Å². The van der Waals surface area contributed by atoms with E-state index in [1.165, 1.54) is 0 Å². The second-order valence-electron chi connectivity index (χ2n) is 4.39. The Kier molecular flexibility index (Phi) is 1.76. The molecule has 2 nitrogen and oxygen atoms in total. The van der Waals surface area contributed by atoms with Crippen molar-refractivity contribution in [2.24, 2.45) is 11.3 Å². The van der Waals surface area contributed by atoms with Crippen LogP contribution >= 0.6 is 0 Å². The average molecular weight is 168 g/mol. The Morgan fingerprint density at radius 3 is 2.83 bits per heavy atom. The SMILES string of the molecule is CC12C(=O)CCC1CCCC2O. The van der Waals surface area contributed by atoms with Gasteiger partial charge < -0.3 is 5.11 Å². The highest BCUT2D eigenvalue weighted by molar-refractivity contribution is 5.87. The van der Waals surface area contributed by atoms with E-state index < -0.39 is 0 Å². The van der Waals surface area contributed by atoms with Gasteiger partial charge >= 0.3 is 0 Å². The Hall–Kier alpha value is -0.370. The monoisotopic (exact) mass is 168 g/mol. The topological polar surface area (TPSA) is 37.3 Å². The smallest absolute Gasteiger partial charge is 0.141 e. The van der Waals surface area contributed by atoms with Crippen LogP contribution in [0, 0.1) is 11.3 Å². The van der Waals surface area contributed by atoms with Gasteiger partial charge in [-0.05, 0) is 32.1 Å². The summed E-state index contributed by atoms with van der Waals surface area (Å²) in [6.07, 6.45) is 4.38. The second-order valence-corrected chi connectivity index (χ2v) is 4.39. The maximum Gasteiger partial charge on any atom is 0.141 e. The summed E-state index contributed by atoms with van der Waals surface area (Å²) in [5.41, 5.74) is -0.377. The van der Waals surface area contributed by atoms with E-state index in [0.29, 0.717) is 18.1 Å². The maximum absolute atomic E-state index is 11.6. The van der Waals surface area contributed by atoms with Crippen LogP contribution in [0.3, 0.4) is 0 Å². The van der Waals surface area contributed by atoms with E-state index in [1.54, 1.807) is 0 Å². The zero-order valence-electron chi connectivity index (χ0n) is 7.55. The largest absolute Gasteiger partial charge is 0.392 e. The van der Waals surface area contributed by atoms with Gasteiger partial charge in [-0.25, -0.2) is 0 Å². The predicted molar refractivity (Wildman–Crippen MR) is 45.7 cm³/mol. The Bertz CT molecular complexity index is 212.